The van der Waals surface area contributed by atoms with Gasteiger partial charge in [-0.2, -0.15) is 16.8 Å². The maximum Gasteiger partial charge on any atom is 0.333 e. The second kappa shape index (κ2) is 36.6. The molecule has 0 bridgehead atoms. The van der Waals surface area contributed by atoms with Gasteiger partial charge in [-0.3, -0.25) is 76.4 Å². The van der Waals surface area contributed by atoms with E-state index in [0.29, 0.717) is 0 Å². The highest BCUT2D eigenvalue weighted by Gasteiger charge is 2.44. The number of carbonyl (C=O) groups is 4. The number of hydrogen-bond donors (Lipinski definition) is 8. The van der Waals surface area contributed by atoms with Crippen molar-refractivity contribution in [1.29, 1.82) is 0 Å². The van der Waals surface area contributed by atoms with Crippen LogP contribution in [0.15, 0.2) is 113 Å². The Morgan fingerprint density at radius 2 is 1.70 bits per heavy atom. The molecule has 2 aromatic carbocycles. The number of carbonyl (C=O) groups excluding carboxylic acids is 4. The number of H-pyrrole nitrogens is 1. The van der Waals surface area contributed by atoms with E-state index in [2.05, 4.69) is 61.9 Å². The highest BCUT2D eigenvalue weighted by molar-refractivity contribution is 8.74. The first-order valence-corrected chi connectivity index (χ1v) is 38.0. The van der Waals surface area contributed by atoms with Crippen LogP contribution in [0.25, 0.3) is 16.0 Å². The van der Waals surface area contributed by atoms with Crippen LogP contribution in [-0.4, -0.2) is 166 Å². The van der Waals surface area contributed by atoms with Crippen LogP contribution in [0.3, 0.4) is 0 Å². The largest absolute Gasteiger partial charge is 0.491 e. The number of azide groups is 1. The number of ether oxygens (including phenoxy) is 5. The minimum atomic E-state index is -5.08. The Morgan fingerprint density at radius 3 is 2.41 bits per heavy atom. The van der Waals surface area contributed by atoms with Crippen molar-refractivity contribution in [2.75, 3.05) is 72.5 Å². The molecule has 2 aliphatic carbocycles. The van der Waals surface area contributed by atoms with E-state index in [9.17, 15) is 68.4 Å². The first kappa shape index (κ1) is 77.1. The topological polar surface area (TPSA) is 499 Å². The predicted octanol–water partition coefficient (Wildman–Crippen LogP) is 4.38. The molecular weight excluding hydrogens is 1420 g/mol. The van der Waals surface area contributed by atoms with Crippen molar-refractivity contribution in [2.24, 2.45) is 10.1 Å². The molecule has 7 atom stereocenters. The van der Waals surface area contributed by atoms with Gasteiger partial charge in [-0.25, -0.2) is 13.4 Å². The molecule has 1 fully saturated rings. The zero-order valence-corrected chi connectivity index (χ0v) is 58.0. The van der Waals surface area contributed by atoms with Crippen LogP contribution in [-0.2, 0) is 79.8 Å². The van der Waals surface area contributed by atoms with Crippen LogP contribution in [0, 0.1) is 11.8 Å². The Morgan fingerprint density at radius 1 is 0.948 bits per heavy atom. The van der Waals surface area contributed by atoms with Crippen LogP contribution in [0.5, 0.6) is 5.75 Å². The van der Waals surface area contributed by atoms with Crippen molar-refractivity contribution in [3.8, 4) is 17.6 Å². The number of hydrogen-bond acceptors (Lipinski definition) is 27. The summed E-state index contributed by atoms with van der Waals surface area (Å²) in [6, 6.07) is 11.9. The van der Waals surface area contributed by atoms with E-state index in [4.69, 9.17) is 42.8 Å². The summed E-state index contributed by atoms with van der Waals surface area (Å²) in [6.07, 6.45) is -1.17. The minimum absolute atomic E-state index is 0.0193. The molecule has 0 saturated carbocycles. The van der Waals surface area contributed by atoms with Crippen LogP contribution < -0.4 is 37.5 Å². The second-order valence-corrected chi connectivity index (χ2v) is 28.6. The highest BCUT2D eigenvalue weighted by atomic mass is 33.1. The van der Waals surface area contributed by atoms with Gasteiger partial charge in [0.2, 0.25) is 11.8 Å². The van der Waals surface area contributed by atoms with Gasteiger partial charge in [-0.15, -0.1) is 0 Å². The van der Waals surface area contributed by atoms with Crippen molar-refractivity contribution in [2.45, 2.75) is 77.0 Å². The summed E-state index contributed by atoms with van der Waals surface area (Å²) in [5.74, 6) is 1.75. The van der Waals surface area contributed by atoms with Gasteiger partial charge in [0, 0.05) is 78.6 Å². The normalized spacial score (nSPS) is 18.7. The molecule has 3 heterocycles. The number of nitrogens with one attached hydrogen (secondary N) is 5. The maximum absolute atomic E-state index is 14.4. The number of allylic oxidation sites excluding steroid dienone is 5. The summed E-state index contributed by atoms with van der Waals surface area (Å²) < 4.78 is 157. The smallest absolute Gasteiger partial charge is 0.333 e. The Bertz CT molecular complexity index is 4220. The van der Waals surface area contributed by atoms with E-state index in [0.717, 1.165) is 21.8 Å². The first-order valence-electron chi connectivity index (χ1n) is 28.9. The molecular formula is C54H66N11O25P3S4. The summed E-state index contributed by atoms with van der Waals surface area (Å²) in [4.78, 5) is 96.5. The Balaban J connectivity index is 0.869. The summed E-state index contributed by atoms with van der Waals surface area (Å²) in [7, 11) is -18.2. The minimum Gasteiger partial charge on any atom is -0.491 e. The fraction of sp³-hybridized carbons (Fsp3) is 0.426. The third kappa shape index (κ3) is 21.6. The standard InChI is InChI=1S/C54H66N11O25P3S4/c1-5-56-38-18-16-36-46(37-17-19-39(57-6-2)50(97(79,80)81)48(37)87-47(36)49(38)96(76,77)78)34-14-7-8-15-35(34)53(70)64(3)22-20-42(66)60-62-52(69)31-11-9-13-33(25-31)84-30-44(61-63-55)83-24-23-82-29-43(67)58-21-10-12-32-27-65(54(71)59-51(32)68)45-26-40(88-95-94-4)41(86-45)28-85-92(74)90-93(75)89-91(72)73/h7-9,11,13-15,25,27,40-41,44-45,56,91-93H,5-6,16-24,26,28-30H2,1-4H3,(H,58,67)(H,60,66)(H,62,69)(H,72,73)(H,59,68,71)(H,76,77,78)(H,79,80,81)/b57-39+/t40?,41-,44?,45-/m1/s1. The van der Waals surface area contributed by atoms with E-state index in [1.165, 1.54) is 53.1 Å². The van der Waals surface area contributed by atoms with Gasteiger partial charge in [-0.1, -0.05) is 52.0 Å². The molecule has 1 saturated heterocycles. The fourth-order valence-electron chi connectivity index (χ4n) is 9.93. The lowest BCUT2D eigenvalue weighted by atomic mass is 9.79. The Hall–Kier alpha value is -7.21. The molecule has 36 nitrogen and oxygen atoms in total. The molecule has 3 aromatic rings. The number of amides is 4. The number of rotatable bonds is 33. The van der Waals surface area contributed by atoms with Gasteiger partial charge >= 0.3 is 30.5 Å². The van der Waals surface area contributed by atoms with Gasteiger partial charge in [0.05, 0.1) is 43.2 Å². The van der Waals surface area contributed by atoms with Crippen LogP contribution in [0.4, 0.5) is 0 Å². The van der Waals surface area contributed by atoms with Gasteiger partial charge in [0.15, 0.2) is 27.6 Å². The highest BCUT2D eigenvalue weighted by Crippen LogP contribution is 2.52. The van der Waals surface area contributed by atoms with Gasteiger partial charge in [0.25, 0.3) is 37.6 Å². The van der Waals surface area contributed by atoms with E-state index in [-0.39, 0.29) is 141 Å². The van der Waals surface area contributed by atoms with Crippen molar-refractivity contribution >= 4 is 102 Å². The van der Waals surface area contributed by atoms with Gasteiger partial charge in [-0.05, 0) is 86.7 Å². The molecule has 2 aliphatic heterocycles. The van der Waals surface area contributed by atoms with Crippen molar-refractivity contribution < 1.29 is 105 Å². The fourth-order valence-corrected chi connectivity index (χ4v) is 14.8. The number of nitrogens with zero attached hydrogens (tertiary/aromatic N) is 6. The SMILES string of the molecule is CC/N=C1\CCC2=C(c3ccccc3C(=O)N(C)CCC(=O)NNC(=O)c3cccc(OCC(N=[N+]=[N-])OCCOCC(=O)NCC#Cc4cn([C@H]5CC(OSSC)[C@@H](CO[PH](=O)O[PH](=O)O[PH](=O)O)O5)c(=O)[nH]c4=O)c3)C3=C(OC2=C1S(=O)(=O)O)C(S(=O)(=O)O)=C(NCC)CC3. The molecule has 0 spiro atoms. The zero-order chi connectivity index (χ0) is 70.6. The molecule has 4 aliphatic rings. The predicted molar refractivity (Wildman–Crippen MR) is 351 cm³/mol. The van der Waals surface area contributed by atoms with E-state index >= 15 is 0 Å². The van der Waals surface area contributed by atoms with Crippen LogP contribution in [0.1, 0.15) is 90.4 Å². The second-order valence-electron chi connectivity index (χ2n) is 20.4. The average Bonchev–Trinajstić information content (AvgIpc) is 1.06. The number of aliphatic imine (C=N–C) groups is 1. The number of benzene rings is 2. The quantitative estimate of drug-likeness (QED) is 0.00400. The molecule has 8 N–H and O–H groups in total. The third-order valence-corrected chi connectivity index (χ3v) is 20.1. The number of fused-ring (bicyclic) bond motifs is 1. The number of aromatic amines is 1. The molecule has 5 unspecified atom stereocenters. The van der Waals surface area contributed by atoms with Crippen molar-refractivity contribution in [3.05, 3.63) is 146 Å². The summed E-state index contributed by atoms with van der Waals surface area (Å²) in [5, 5.41) is 8.95. The van der Waals surface area contributed by atoms with E-state index in [1.807, 2.05) is 0 Å². The Kier molecular flexibility index (Phi) is 29.1. The molecule has 97 heavy (non-hydrogen) atoms. The monoisotopic (exact) mass is 1490 g/mol. The molecule has 43 heteroatoms. The van der Waals surface area contributed by atoms with Crippen LogP contribution in [0.2, 0.25) is 0 Å². The number of aromatic nitrogens is 2. The zero-order valence-electron chi connectivity index (χ0n) is 51.8. The summed E-state index contributed by atoms with van der Waals surface area (Å²) >= 11 is 0.977. The molecule has 4 amide bonds. The lowest BCUT2D eigenvalue weighted by Gasteiger charge is -2.36. The van der Waals surface area contributed by atoms with Crippen molar-refractivity contribution in [1.82, 2.24) is 35.9 Å². The Labute approximate surface area is 563 Å². The average molecular weight is 1490 g/mol. The van der Waals surface area contributed by atoms with Crippen molar-refractivity contribution in [3.63, 3.8) is 0 Å². The molecule has 1 aromatic heterocycles. The molecule has 526 valence electrons. The van der Waals surface area contributed by atoms with Crippen LogP contribution >= 0.6 is 46.6 Å². The van der Waals surface area contributed by atoms with Gasteiger partial charge in [0.1, 0.15) is 43.0 Å². The lowest BCUT2D eigenvalue weighted by molar-refractivity contribution is -0.126. The summed E-state index contributed by atoms with van der Waals surface area (Å²) in [6.45, 7) is 1.64. The van der Waals surface area contributed by atoms with E-state index in [1.54, 1.807) is 38.3 Å². The summed E-state index contributed by atoms with van der Waals surface area (Å²) in [5.41, 5.74) is 13.0. The third-order valence-electron chi connectivity index (χ3n) is 14.0. The molecule has 0 radical (unpaired) electrons. The lowest BCUT2D eigenvalue weighted by Crippen LogP contribution is -2.43. The van der Waals surface area contributed by atoms with Gasteiger partial charge < -0.3 is 48.6 Å². The van der Waals surface area contributed by atoms with E-state index < -0.39 is 139 Å². The molecule has 7 rings (SSSR count). The first-order chi connectivity index (χ1) is 46.3. The maximum atomic E-state index is 14.4. The number of hydrazine groups is 1.